The summed E-state index contributed by atoms with van der Waals surface area (Å²) < 4.78 is 4.97. The number of phenolic OH excluding ortho intramolecular Hbond substituents is 1. The first-order valence-corrected chi connectivity index (χ1v) is 5.97. The third-order valence-corrected chi connectivity index (χ3v) is 2.66. The number of nitrogens with two attached hydrogens (primary N) is 1. The first-order chi connectivity index (χ1) is 9.35. The highest BCUT2D eigenvalue weighted by Gasteiger charge is 2.17. The summed E-state index contributed by atoms with van der Waals surface area (Å²) in [6, 6.07) is 3.79. The van der Waals surface area contributed by atoms with Crippen molar-refractivity contribution in [3.63, 3.8) is 0 Å². The molecule has 0 saturated carbocycles. The van der Waals surface area contributed by atoms with E-state index in [2.05, 4.69) is 11.9 Å². The maximum Gasteiger partial charge on any atom is 0.252 e. The molecule has 0 aliphatic heterocycles. The Morgan fingerprint density at radius 1 is 1.50 bits per heavy atom. The Balaban J connectivity index is 2.70. The number of carbonyl (C=O) groups is 2. The summed E-state index contributed by atoms with van der Waals surface area (Å²) in [4.78, 5) is 23.0. The second kappa shape index (κ2) is 6.72. The van der Waals surface area contributed by atoms with Crippen molar-refractivity contribution >= 4 is 11.8 Å². The molecule has 0 heterocycles. The van der Waals surface area contributed by atoms with Gasteiger partial charge in [-0.1, -0.05) is 12.6 Å². The molecule has 0 spiro atoms. The lowest BCUT2D eigenvalue weighted by atomic mass is 10.1. The highest BCUT2D eigenvalue weighted by Crippen LogP contribution is 2.26. The quantitative estimate of drug-likeness (QED) is 0.680. The molecule has 0 fully saturated rings. The molecular weight excluding hydrogens is 260 g/mol. The number of nitrogens with one attached hydrogen (secondary N) is 1. The molecule has 0 aliphatic carbocycles. The fraction of sp³-hybridized carbons (Fsp3) is 0.286. The van der Waals surface area contributed by atoms with Gasteiger partial charge in [-0.25, -0.2) is 0 Å². The number of amides is 2. The monoisotopic (exact) mass is 278 g/mol. The molecule has 6 nitrogen and oxygen atoms in total. The second-order valence-corrected chi connectivity index (χ2v) is 4.42. The highest BCUT2D eigenvalue weighted by atomic mass is 16.5. The van der Waals surface area contributed by atoms with Crippen LogP contribution in [0.4, 0.5) is 0 Å². The lowest BCUT2D eigenvalue weighted by Gasteiger charge is -2.12. The van der Waals surface area contributed by atoms with Crippen molar-refractivity contribution in [2.24, 2.45) is 5.73 Å². The molecule has 0 aromatic heterocycles. The van der Waals surface area contributed by atoms with E-state index in [9.17, 15) is 14.7 Å². The van der Waals surface area contributed by atoms with Gasteiger partial charge in [-0.2, -0.15) is 0 Å². The van der Waals surface area contributed by atoms with Crippen LogP contribution in [0.15, 0.2) is 30.4 Å². The van der Waals surface area contributed by atoms with E-state index in [0.717, 1.165) is 0 Å². The number of benzene rings is 1. The Kier molecular flexibility index (Phi) is 5.28. The van der Waals surface area contributed by atoms with Crippen LogP contribution in [0.1, 0.15) is 12.5 Å². The number of rotatable bonds is 5. The smallest absolute Gasteiger partial charge is 0.252 e. The Morgan fingerprint density at radius 2 is 2.15 bits per heavy atom. The van der Waals surface area contributed by atoms with Gasteiger partial charge in [-0.3, -0.25) is 14.9 Å². The van der Waals surface area contributed by atoms with E-state index in [4.69, 9.17) is 10.5 Å². The van der Waals surface area contributed by atoms with Gasteiger partial charge in [0.2, 0.25) is 5.91 Å². The molecule has 6 heteroatoms. The third kappa shape index (κ3) is 4.10. The van der Waals surface area contributed by atoms with E-state index >= 15 is 0 Å². The first-order valence-electron chi connectivity index (χ1n) is 5.97. The fourth-order valence-corrected chi connectivity index (χ4v) is 1.51. The van der Waals surface area contributed by atoms with Crippen LogP contribution in [0.2, 0.25) is 0 Å². The molecule has 1 atom stereocenters. The Morgan fingerprint density at radius 3 is 2.70 bits per heavy atom. The Bertz CT molecular complexity index is 540. The van der Waals surface area contributed by atoms with Crippen LogP contribution in [-0.2, 0) is 16.0 Å². The van der Waals surface area contributed by atoms with Gasteiger partial charge in [0.15, 0.2) is 11.5 Å². The molecular formula is C14H18N2O4. The van der Waals surface area contributed by atoms with Crippen molar-refractivity contribution in [3.05, 3.63) is 35.9 Å². The van der Waals surface area contributed by atoms with E-state index in [1.54, 1.807) is 12.1 Å². The minimum atomic E-state index is -0.882. The molecule has 108 valence electrons. The topological polar surface area (TPSA) is 102 Å². The van der Waals surface area contributed by atoms with Crippen molar-refractivity contribution in [2.75, 3.05) is 7.11 Å². The number of phenols is 1. The van der Waals surface area contributed by atoms with Crippen molar-refractivity contribution in [1.82, 2.24) is 5.32 Å². The molecule has 0 unspecified atom stereocenters. The van der Waals surface area contributed by atoms with Gasteiger partial charge >= 0.3 is 0 Å². The minimum Gasteiger partial charge on any atom is -0.504 e. The zero-order valence-electron chi connectivity index (χ0n) is 11.5. The van der Waals surface area contributed by atoms with Gasteiger partial charge < -0.3 is 15.6 Å². The zero-order valence-corrected chi connectivity index (χ0v) is 11.5. The summed E-state index contributed by atoms with van der Waals surface area (Å²) in [7, 11) is 1.43. The molecule has 2 amide bonds. The largest absolute Gasteiger partial charge is 0.504 e. The van der Waals surface area contributed by atoms with Crippen molar-refractivity contribution in [2.45, 2.75) is 19.4 Å². The van der Waals surface area contributed by atoms with Crippen LogP contribution in [-0.4, -0.2) is 30.1 Å². The second-order valence-electron chi connectivity index (χ2n) is 4.42. The average molecular weight is 278 g/mol. The zero-order chi connectivity index (χ0) is 15.3. The summed E-state index contributed by atoms with van der Waals surface area (Å²) >= 11 is 0. The van der Waals surface area contributed by atoms with Crippen LogP contribution in [0, 0.1) is 0 Å². The summed E-state index contributed by atoms with van der Waals surface area (Å²) in [5.74, 6) is -0.821. The summed E-state index contributed by atoms with van der Waals surface area (Å²) in [6.45, 7) is 4.93. The number of ether oxygens (including phenoxy) is 1. The van der Waals surface area contributed by atoms with Gasteiger partial charge in [-0.05, 0) is 31.0 Å². The normalized spacial score (nSPS) is 11.6. The summed E-state index contributed by atoms with van der Waals surface area (Å²) in [6.07, 6.45) is 0.214. The predicted octanol–water partition coefficient (Wildman–Crippen LogP) is 0.490. The number of hydrogen-bond acceptors (Lipinski definition) is 5. The van der Waals surface area contributed by atoms with Gasteiger partial charge in [0.05, 0.1) is 13.2 Å². The number of carbonyl (C=O) groups excluding carboxylic acids is 2. The van der Waals surface area contributed by atoms with Gasteiger partial charge in [0.1, 0.15) is 0 Å². The lowest BCUT2D eigenvalue weighted by Crippen LogP contribution is -2.44. The average Bonchev–Trinajstić information content (AvgIpc) is 2.40. The number of methoxy groups -OCH3 is 1. The fourth-order valence-electron chi connectivity index (χ4n) is 1.51. The molecule has 1 aromatic rings. The standard InChI is InChI=1S/C14H18N2O4/c1-8(2)13(18)16-14(19)10(15)6-9-4-5-11(17)12(7-9)20-3/h4-5,7,10,17H,1,6,15H2,2-3H3,(H,16,18,19)/t10-/m0/s1. The third-order valence-electron chi connectivity index (χ3n) is 2.66. The molecule has 20 heavy (non-hydrogen) atoms. The number of hydrogen-bond donors (Lipinski definition) is 3. The van der Waals surface area contributed by atoms with Gasteiger partial charge in [-0.15, -0.1) is 0 Å². The maximum atomic E-state index is 11.7. The van der Waals surface area contributed by atoms with E-state index in [0.29, 0.717) is 11.3 Å². The first kappa shape index (κ1) is 15.7. The van der Waals surface area contributed by atoms with Gasteiger partial charge in [0.25, 0.3) is 5.91 Å². The molecule has 0 aliphatic rings. The van der Waals surface area contributed by atoms with Crippen LogP contribution in [0.3, 0.4) is 0 Å². The minimum absolute atomic E-state index is 0.00623. The van der Waals surface area contributed by atoms with Crippen molar-refractivity contribution in [1.29, 1.82) is 0 Å². The summed E-state index contributed by atoms with van der Waals surface area (Å²) in [5.41, 5.74) is 6.68. The Hall–Kier alpha value is -2.34. The Labute approximate surface area is 117 Å². The molecule has 4 N–H and O–H groups in total. The van der Waals surface area contributed by atoms with Crippen molar-refractivity contribution in [3.8, 4) is 11.5 Å². The number of aromatic hydroxyl groups is 1. The predicted molar refractivity (Wildman–Crippen MR) is 74.3 cm³/mol. The van der Waals surface area contributed by atoms with Crippen LogP contribution >= 0.6 is 0 Å². The molecule has 1 rings (SSSR count). The molecule has 0 saturated heterocycles. The van der Waals surface area contributed by atoms with E-state index in [1.165, 1.54) is 20.1 Å². The maximum absolute atomic E-state index is 11.7. The van der Waals surface area contributed by atoms with Crippen molar-refractivity contribution < 1.29 is 19.4 Å². The highest BCUT2D eigenvalue weighted by molar-refractivity contribution is 6.05. The molecule has 0 bridgehead atoms. The molecule has 1 aromatic carbocycles. The van der Waals surface area contributed by atoms with Crippen LogP contribution in [0.5, 0.6) is 11.5 Å². The van der Waals surface area contributed by atoms with Crippen LogP contribution in [0.25, 0.3) is 0 Å². The van der Waals surface area contributed by atoms with E-state index in [-0.39, 0.29) is 17.7 Å². The van der Waals surface area contributed by atoms with Crippen LogP contribution < -0.4 is 15.8 Å². The van der Waals surface area contributed by atoms with Gasteiger partial charge in [0, 0.05) is 5.57 Å². The van der Waals surface area contributed by atoms with E-state index < -0.39 is 17.9 Å². The molecule has 0 radical (unpaired) electrons. The number of imide groups is 1. The summed E-state index contributed by atoms with van der Waals surface area (Å²) in [5, 5.41) is 11.6. The lowest BCUT2D eigenvalue weighted by molar-refractivity contribution is -0.129. The van der Waals surface area contributed by atoms with E-state index in [1.807, 2.05) is 0 Å². The SMILES string of the molecule is C=C(C)C(=O)NC(=O)[C@@H](N)Cc1ccc(O)c(OC)c1.